The van der Waals surface area contributed by atoms with Gasteiger partial charge in [-0.2, -0.15) is 0 Å². The predicted octanol–water partition coefficient (Wildman–Crippen LogP) is 4.92. The topological polar surface area (TPSA) is 0 Å². The Hall–Kier alpha value is 0.714. The van der Waals surface area contributed by atoms with Crippen molar-refractivity contribution in [3.05, 3.63) is 0 Å². The fourth-order valence-electron chi connectivity index (χ4n) is 1.41. The van der Waals surface area contributed by atoms with E-state index in [1.807, 2.05) is 0 Å². The molecule has 78 valence electrons. The molecule has 1 saturated carbocycles. The zero-order chi connectivity index (χ0) is 9.07. The molecule has 0 N–H and O–H groups in total. The van der Waals surface area contributed by atoms with E-state index in [2.05, 4.69) is 13.8 Å². The van der Waals surface area contributed by atoms with Gasteiger partial charge in [0.1, 0.15) is 0 Å². The fraction of sp³-hybridized carbons (Fsp3) is 1.00. The molecule has 0 aliphatic heterocycles. The molecule has 0 unspecified atom stereocenters. The largest absolute Gasteiger partial charge is 0.0654 e. The minimum absolute atomic E-state index is 0. The molecule has 1 aliphatic rings. The SMILES string of the molecule is C1CCCCCCC1.CCCC.[Ti]. The van der Waals surface area contributed by atoms with Gasteiger partial charge in [0.2, 0.25) is 0 Å². The quantitative estimate of drug-likeness (QED) is 0.547. The predicted molar refractivity (Wildman–Crippen MR) is 57.5 cm³/mol. The van der Waals surface area contributed by atoms with Gasteiger partial charge in [-0.1, -0.05) is 78.1 Å². The van der Waals surface area contributed by atoms with E-state index in [1.165, 1.54) is 64.2 Å². The fourth-order valence-corrected chi connectivity index (χ4v) is 1.41. The molecule has 1 heteroatoms. The Labute approximate surface area is 99.8 Å². The first-order valence-electron chi connectivity index (χ1n) is 5.91. The average Bonchev–Trinajstić information content (AvgIpc) is 2.04. The van der Waals surface area contributed by atoms with E-state index in [0.717, 1.165) is 0 Å². The Morgan fingerprint density at radius 1 is 0.538 bits per heavy atom. The van der Waals surface area contributed by atoms with Gasteiger partial charge < -0.3 is 0 Å². The van der Waals surface area contributed by atoms with E-state index < -0.39 is 0 Å². The molecule has 0 bridgehead atoms. The van der Waals surface area contributed by atoms with Crippen molar-refractivity contribution < 1.29 is 21.7 Å². The molecule has 0 radical (unpaired) electrons. The van der Waals surface area contributed by atoms with E-state index in [0.29, 0.717) is 0 Å². The Balaban J connectivity index is 0. The smallest absolute Gasteiger partial charge is 0 e. The van der Waals surface area contributed by atoms with Crippen LogP contribution >= 0.6 is 0 Å². The van der Waals surface area contributed by atoms with Crippen molar-refractivity contribution in [2.45, 2.75) is 78.1 Å². The van der Waals surface area contributed by atoms with Gasteiger partial charge in [-0.25, -0.2) is 0 Å². The Morgan fingerprint density at radius 3 is 0.769 bits per heavy atom. The Bertz CT molecular complexity index is 45.5. The van der Waals surface area contributed by atoms with Crippen LogP contribution < -0.4 is 0 Å². The van der Waals surface area contributed by atoms with E-state index in [1.54, 1.807) is 0 Å². The number of hydrogen-bond acceptors (Lipinski definition) is 0. The van der Waals surface area contributed by atoms with Crippen LogP contribution in [0.4, 0.5) is 0 Å². The van der Waals surface area contributed by atoms with Gasteiger partial charge >= 0.3 is 0 Å². The van der Waals surface area contributed by atoms with E-state index >= 15 is 0 Å². The summed E-state index contributed by atoms with van der Waals surface area (Å²) in [4.78, 5) is 0. The monoisotopic (exact) mass is 218 g/mol. The summed E-state index contributed by atoms with van der Waals surface area (Å²) in [6.45, 7) is 4.36. The van der Waals surface area contributed by atoms with Gasteiger partial charge in [0.15, 0.2) is 0 Å². The van der Waals surface area contributed by atoms with Crippen molar-refractivity contribution in [1.82, 2.24) is 0 Å². The maximum Gasteiger partial charge on any atom is 0 e. The van der Waals surface area contributed by atoms with Crippen LogP contribution in [0.3, 0.4) is 0 Å². The summed E-state index contributed by atoms with van der Waals surface area (Å²) in [6.07, 6.45) is 14.6. The van der Waals surface area contributed by atoms with Crippen LogP contribution in [0.1, 0.15) is 78.1 Å². The average molecular weight is 218 g/mol. The third kappa shape index (κ3) is 15.5. The van der Waals surface area contributed by atoms with Crippen LogP contribution in [0.2, 0.25) is 0 Å². The summed E-state index contributed by atoms with van der Waals surface area (Å²) in [7, 11) is 0. The van der Waals surface area contributed by atoms with Gasteiger partial charge in [0.05, 0.1) is 0 Å². The first kappa shape index (κ1) is 16.2. The van der Waals surface area contributed by atoms with Crippen LogP contribution in [0.25, 0.3) is 0 Å². The van der Waals surface area contributed by atoms with Crippen LogP contribution in [0.5, 0.6) is 0 Å². The molecule has 0 spiro atoms. The van der Waals surface area contributed by atoms with Gasteiger partial charge in [0, 0.05) is 21.7 Å². The minimum atomic E-state index is 0. The van der Waals surface area contributed by atoms with Crippen molar-refractivity contribution in [2.24, 2.45) is 0 Å². The molecule has 0 saturated heterocycles. The third-order valence-electron chi connectivity index (χ3n) is 2.50. The summed E-state index contributed by atoms with van der Waals surface area (Å²) >= 11 is 0. The van der Waals surface area contributed by atoms with Crippen molar-refractivity contribution in [1.29, 1.82) is 0 Å². The van der Waals surface area contributed by atoms with Crippen LogP contribution in [0.15, 0.2) is 0 Å². The van der Waals surface area contributed by atoms with Crippen LogP contribution in [-0.2, 0) is 21.7 Å². The van der Waals surface area contributed by atoms with Gasteiger partial charge in [-0.05, 0) is 0 Å². The number of rotatable bonds is 1. The maximum atomic E-state index is 2.18. The maximum absolute atomic E-state index is 2.18. The number of hydrogen-bond donors (Lipinski definition) is 0. The van der Waals surface area contributed by atoms with Gasteiger partial charge in [0.25, 0.3) is 0 Å². The van der Waals surface area contributed by atoms with Crippen LogP contribution in [-0.4, -0.2) is 0 Å². The zero-order valence-corrected chi connectivity index (χ0v) is 11.1. The Kier molecular flexibility index (Phi) is 18.9. The minimum Gasteiger partial charge on any atom is -0.0654 e. The molecule has 0 aromatic carbocycles. The standard InChI is InChI=1S/C8H16.C4H10.Ti/c1-2-4-6-8-7-5-3-1;1-3-4-2;/h1-8H2;3-4H2,1-2H3;. The molecule has 0 nitrogen and oxygen atoms in total. The van der Waals surface area contributed by atoms with Gasteiger partial charge in [-0.15, -0.1) is 0 Å². The molecule has 1 rings (SSSR count). The summed E-state index contributed by atoms with van der Waals surface area (Å²) in [5.74, 6) is 0. The van der Waals surface area contributed by atoms with Gasteiger partial charge in [-0.3, -0.25) is 0 Å². The summed E-state index contributed by atoms with van der Waals surface area (Å²) in [6, 6.07) is 0. The molecule has 0 heterocycles. The van der Waals surface area contributed by atoms with Crippen molar-refractivity contribution in [2.75, 3.05) is 0 Å². The van der Waals surface area contributed by atoms with E-state index in [9.17, 15) is 0 Å². The summed E-state index contributed by atoms with van der Waals surface area (Å²) in [5.41, 5.74) is 0. The van der Waals surface area contributed by atoms with E-state index in [4.69, 9.17) is 0 Å². The molecule has 1 aliphatic carbocycles. The van der Waals surface area contributed by atoms with Crippen LogP contribution in [0, 0.1) is 0 Å². The summed E-state index contributed by atoms with van der Waals surface area (Å²) < 4.78 is 0. The first-order chi connectivity index (χ1) is 5.91. The van der Waals surface area contributed by atoms with E-state index in [-0.39, 0.29) is 21.7 Å². The molecule has 0 aromatic rings. The number of unbranched alkanes of at least 4 members (excludes halogenated alkanes) is 1. The van der Waals surface area contributed by atoms with Crippen molar-refractivity contribution >= 4 is 0 Å². The molecule has 0 amide bonds. The second kappa shape index (κ2) is 15.2. The second-order valence-electron chi connectivity index (χ2n) is 3.83. The molecular formula is C12H26Ti. The summed E-state index contributed by atoms with van der Waals surface area (Å²) in [5, 5.41) is 0. The molecule has 1 fully saturated rings. The van der Waals surface area contributed by atoms with Crippen molar-refractivity contribution in [3.8, 4) is 0 Å². The molecule has 0 atom stereocenters. The molecule has 13 heavy (non-hydrogen) atoms. The first-order valence-corrected chi connectivity index (χ1v) is 5.91. The second-order valence-corrected chi connectivity index (χ2v) is 3.83. The molecule has 0 aromatic heterocycles. The third-order valence-corrected chi connectivity index (χ3v) is 2.50. The van der Waals surface area contributed by atoms with Crippen molar-refractivity contribution in [3.63, 3.8) is 0 Å². The normalized spacial score (nSPS) is 17.1. The molecular weight excluding hydrogens is 192 g/mol. The Morgan fingerprint density at radius 2 is 0.692 bits per heavy atom. The zero-order valence-electron chi connectivity index (χ0n) is 9.57.